The summed E-state index contributed by atoms with van der Waals surface area (Å²) in [5, 5.41) is 12.3. The second-order valence-electron chi connectivity index (χ2n) is 5.33. The number of rotatable bonds is 7. The van der Waals surface area contributed by atoms with Gasteiger partial charge >= 0.3 is 0 Å². The van der Waals surface area contributed by atoms with Gasteiger partial charge in [-0.2, -0.15) is 0 Å². The number of aliphatic hydroxyl groups is 1. The van der Waals surface area contributed by atoms with Crippen LogP contribution in [0.1, 0.15) is 39.5 Å². The topological polar surface area (TPSA) is 41.5 Å². The first-order valence-electron chi connectivity index (χ1n) is 6.26. The molecule has 0 saturated carbocycles. The van der Waals surface area contributed by atoms with Gasteiger partial charge < -0.3 is 15.2 Å². The SMILES string of the molecule is CC(C)(CCCO)CNCC1CCC=CO1. The Balaban J connectivity index is 2.11. The summed E-state index contributed by atoms with van der Waals surface area (Å²) in [4.78, 5) is 0. The zero-order valence-corrected chi connectivity index (χ0v) is 10.5. The summed E-state index contributed by atoms with van der Waals surface area (Å²) in [6.45, 7) is 6.66. The highest BCUT2D eigenvalue weighted by molar-refractivity contribution is 4.83. The highest BCUT2D eigenvalue weighted by Gasteiger charge is 2.18. The summed E-state index contributed by atoms with van der Waals surface area (Å²) in [6.07, 6.45) is 8.40. The normalized spacial score (nSPS) is 20.8. The Morgan fingerprint density at radius 2 is 2.31 bits per heavy atom. The number of ether oxygens (including phenoxy) is 1. The van der Waals surface area contributed by atoms with Crippen LogP contribution in [0.5, 0.6) is 0 Å². The molecule has 3 heteroatoms. The number of hydrogen-bond donors (Lipinski definition) is 2. The van der Waals surface area contributed by atoms with Gasteiger partial charge in [-0.1, -0.05) is 13.8 Å². The Morgan fingerprint density at radius 3 is 2.94 bits per heavy atom. The van der Waals surface area contributed by atoms with Gasteiger partial charge in [0, 0.05) is 19.7 Å². The molecule has 1 rings (SSSR count). The maximum absolute atomic E-state index is 8.81. The lowest BCUT2D eigenvalue weighted by atomic mass is 9.88. The molecule has 94 valence electrons. The molecule has 0 amide bonds. The van der Waals surface area contributed by atoms with Gasteiger partial charge in [-0.05, 0) is 37.2 Å². The van der Waals surface area contributed by atoms with Crippen LogP contribution in [0.2, 0.25) is 0 Å². The average Bonchev–Trinajstić information content (AvgIpc) is 2.28. The van der Waals surface area contributed by atoms with Gasteiger partial charge in [0.05, 0.1) is 6.26 Å². The van der Waals surface area contributed by atoms with Crippen molar-refractivity contribution in [2.24, 2.45) is 5.41 Å². The molecule has 0 radical (unpaired) electrons. The summed E-state index contributed by atoms with van der Waals surface area (Å²) in [7, 11) is 0. The van der Waals surface area contributed by atoms with Crippen LogP contribution in [0.3, 0.4) is 0 Å². The van der Waals surface area contributed by atoms with Crippen LogP contribution in [0.25, 0.3) is 0 Å². The van der Waals surface area contributed by atoms with Gasteiger partial charge in [0.15, 0.2) is 0 Å². The van der Waals surface area contributed by atoms with Crippen molar-refractivity contribution in [2.45, 2.75) is 45.6 Å². The van der Waals surface area contributed by atoms with Crippen molar-refractivity contribution in [1.29, 1.82) is 0 Å². The molecular formula is C13H25NO2. The molecule has 0 saturated heterocycles. The molecule has 0 aromatic rings. The van der Waals surface area contributed by atoms with E-state index in [2.05, 4.69) is 25.2 Å². The molecule has 0 fully saturated rings. The van der Waals surface area contributed by atoms with E-state index in [0.29, 0.717) is 12.7 Å². The van der Waals surface area contributed by atoms with Crippen molar-refractivity contribution < 1.29 is 9.84 Å². The van der Waals surface area contributed by atoms with Gasteiger partial charge in [-0.3, -0.25) is 0 Å². The molecule has 0 aromatic carbocycles. The van der Waals surface area contributed by atoms with Crippen molar-refractivity contribution >= 4 is 0 Å². The molecular weight excluding hydrogens is 202 g/mol. The van der Waals surface area contributed by atoms with Gasteiger partial charge in [-0.15, -0.1) is 0 Å². The Bertz CT molecular complexity index is 214. The van der Waals surface area contributed by atoms with E-state index >= 15 is 0 Å². The molecule has 2 N–H and O–H groups in total. The molecule has 1 heterocycles. The third-order valence-electron chi connectivity index (χ3n) is 3.01. The maximum atomic E-state index is 8.81. The minimum Gasteiger partial charge on any atom is -0.497 e. The zero-order valence-electron chi connectivity index (χ0n) is 10.5. The number of hydrogen-bond acceptors (Lipinski definition) is 3. The van der Waals surface area contributed by atoms with Gasteiger partial charge in [0.25, 0.3) is 0 Å². The lowest BCUT2D eigenvalue weighted by Crippen LogP contribution is -2.36. The molecule has 0 spiro atoms. The van der Waals surface area contributed by atoms with Gasteiger partial charge in [0.1, 0.15) is 6.10 Å². The van der Waals surface area contributed by atoms with E-state index < -0.39 is 0 Å². The van der Waals surface area contributed by atoms with E-state index in [1.54, 1.807) is 0 Å². The van der Waals surface area contributed by atoms with E-state index in [-0.39, 0.29) is 5.41 Å². The molecule has 0 bridgehead atoms. The van der Waals surface area contributed by atoms with Gasteiger partial charge in [0.2, 0.25) is 0 Å². The fourth-order valence-corrected chi connectivity index (χ4v) is 1.95. The van der Waals surface area contributed by atoms with E-state index in [4.69, 9.17) is 9.84 Å². The van der Waals surface area contributed by atoms with Crippen LogP contribution in [0.4, 0.5) is 0 Å². The monoisotopic (exact) mass is 227 g/mol. The fraction of sp³-hybridized carbons (Fsp3) is 0.846. The predicted molar refractivity (Wildman–Crippen MR) is 66.2 cm³/mol. The van der Waals surface area contributed by atoms with Crippen molar-refractivity contribution in [3.05, 3.63) is 12.3 Å². The van der Waals surface area contributed by atoms with Crippen LogP contribution >= 0.6 is 0 Å². The Kier molecular flexibility index (Phi) is 5.85. The van der Waals surface area contributed by atoms with Crippen molar-refractivity contribution in [3.63, 3.8) is 0 Å². The molecule has 1 atom stereocenters. The smallest absolute Gasteiger partial charge is 0.110 e. The van der Waals surface area contributed by atoms with Crippen molar-refractivity contribution in [3.8, 4) is 0 Å². The van der Waals surface area contributed by atoms with E-state index in [0.717, 1.165) is 38.8 Å². The standard InChI is InChI=1S/C13H25NO2/c1-13(2,7-5-8-15)11-14-10-12-6-3-4-9-16-12/h4,9,12,14-15H,3,5-8,10-11H2,1-2H3. The molecule has 3 nitrogen and oxygen atoms in total. The molecule has 0 aliphatic carbocycles. The van der Waals surface area contributed by atoms with E-state index in [1.807, 2.05) is 6.26 Å². The van der Waals surface area contributed by atoms with E-state index in [9.17, 15) is 0 Å². The van der Waals surface area contributed by atoms with Crippen molar-refractivity contribution in [2.75, 3.05) is 19.7 Å². The largest absolute Gasteiger partial charge is 0.497 e. The first-order valence-corrected chi connectivity index (χ1v) is 6.26. The van der Waals surface area contributed by atoms with Gasteiger partial charge in [-0.25, -0.2) is 0 Å². The van der Waals surface area contributed by atoms with Crippen LogP contribution in [0, 0.1) is 5.41 Å². The minimum atomic E-state index is 0.257. The molecule has 16 heavy (non-hydrogen) atoms. The second-order valence-corrected chi connectivity index (χ2v) is 5.33. The van der Waals surface area contributed by atoms with Crippen LogP contribution < -0.4 is 5.32 Å². The first kappa shape index (κ1) is 13.5. The highest BCUT2D eigenvalue weighted by atomic mass is 16.5. The fourth-order valence-electron chi connectivity index (χ4n) is 1.95. The Labute approximate surface area is 98.9 Å². The zero-order chi connectivity index (χ0) is 11.9. The third kappa shape index (κ3) is 5.52. The Morgan fingerprint density at radius 1 is 1.50 bits per heavy atom. The summed E-state index contributed by atoms with van der Waals surface area (Å²) in [6, 6.07) is 0. The van der Waals surface area contributed by atoms with Crippen molar-refractivity contribution in [1.82, 2.24) is 5.32 Å². The molecule has 1 aliphatic heterocycles. The lowest BCUT2D eigenvalue weighted by molar-refractivity contribution is 0.118. The minimum absolute atomic E-state index is 0.257. The maximum Gasteiger partial charge on any atom is 0.110 e. The molecule has 1 aliphatic rings. The van der Waals surface area contributed by atoms with Crippen LogP contribution in [-0.4, -0.2) is 30.9 Å². The average molecular weight is 227 g/mol. The summed E-state index contributed by atoms with van der Waals surface area (Å²) < 4.78 is 5.49. The predicted octanol–water partition coefficient (Wildman–Crippen LogP) is 2.07. The van der Waals surface area contributed by atoms with E-state index in [1.165, 1.54) is 0 Å². The number of aliphatic hydroxyl groups excluding tert-OH is 1. The third-order valence-corrected chi connectivity index (χ3v) is 3.01. The molecule has 0 aromatic heterocycles. The highest BCUT2D eigenvalue weighted by Crippen LogP contribution is 2.20. The lowest BCUT2D eigenvalue weighted by Gasteiger charge is -2.27. The van der Waals surface area contributed by atoms with Crippen LogP contribution in [-0.2, 0) is 4.74 Å². The summed E-state index contributed by atoms with van der Waals surface area (Å²) in [5.41, 5.74) is 0.257. The Hall–Kier alpha value is -0.540. The first-order chi connectivity index (χ1) is 7.64. The second kappa shape index (κ2) is 6.92. The quantitative estimate of drug-likeness (QED) is 0.699. The summed E-state index contributed by atoms with van der Waals surface area (Å²) >= 11 is 0. The molecule has 1 unspecified atom stereocenters. The van der Waals surface area contributed by atoms with Crippen LogP contribution in [0.15, 0.2) is 12.3 Å². The number of allylic oxidation sites excluding steroid dienone is 1. The number of nitrogens with one attached hydrogen (secondary N) is 1. The summed E-state index contributed by atoms with van der Waals surface area (Å²) in [5.74, 6) is 0.